The van der Waals surface area contributed by atoms with Gasteiger partial charge in [0.05, 0.1) is 17.6 Å². The van der Waals surface area contributed by atoms with Gasteiger partial charge in [-0.1, -0.05) is 13.8 Å². The minimum Gasteiger partial charge on any atom is -0.301 e. The lowest BCUT2D eigenvalue weighted by Gasteiger charge is -2.38. The lowest BCUT2D eigenvalue weighted by atomic mass is 10.1. The average molecular weight is 302 g/mol. The summed E-state index contributed by atoms with van der Waals surface area (Å²) in [7, 11) is 0. The maximum atomic E-state index is 5.85. The number of piperazine rings is 1. The Bertz CT molecular complexity index is 375. The van der Waals surface area contributed by atoms with Crippen LogP contribution in [0.2, 0.25) is 0 Å². The molecule has 1 fully saturated rings. The van der Waals surface area contributed by atoms with Crippen LogP contribution in [0.4, 0.5) is 0 Å². The van der Waals surface area contributed by atoms with Gasteiger partial charge in [0.15, 0.2) is 0 Å². The summed E-state index contributed by atoms with van der Waals surface area (Å²) in [6, 6.07) is 0.478. The van der Waals surface area contributed by atoms with E-state index in [9.17, 15) is 0 Å². The monoisotopic (exact) mass is 301 g/mol. The summed E-state index contributed by atoms with van der Waals surface area (Å²) < 4.78 is 0. The molecule has 1 atom stereocenters. The van der Waals surface area contributed by atoms with Crippen molar-refractivity contribution in [1.82, 2.24) is 14.8 Å². The van der Waals surface area contributed by atoms with Crippen molar-refractivity contribution in [1.29, 1.82) is 0 Å². The van der Waals surface area contributed by atoms with Crippen molar-refractivity contribution in [2.24, 2.45) is 0 Å². The Morgan fingerprint density at radius 2 is 2.05 bits per heavy atom. The SMILES string of the molecule is CCCN1CCN(C(CC)c2nc(CCl)cs2)CC1. The number of thiazole rings is 1. The molecule has 0 aromatic carbocycles. The van der Waals surface area contributed by atoms with Gasteiger partial charge in [-0.2, -0.15) is 0 Å². The van der Waals surface area contributed by atoms with Gasteiger partial charge >= 0.3 is 0 Å². The fourth-order valence-electron chi connectivity index (χ4n) is 2.74. The Balaban J connectivity index is 1.95. The minimum atomic E-state index is 0.478. The van der Waals surface area contributed by atoms with Crippen molar-refractivity contribution in [2.75, 3.05) is 32.7 Å². The first-order chi connectivity index (χ1) is 9.28. The molecule has 0 amide bonds. The molecular formula is C14H24ClN3S. The van der Waals surface area contributed by atoms with Gasteiger partial charge in [0.1, 0.15) is 5.01 Å². The fraction of sp³-hybridized carbons (Fsp3) is 0.786. The summed E-state index contributed by atoms with van der Waals surface area (Å²) in [6.07, 6.45) is 2.38. The summed E-state index contributed by atoms with van der Waals surface area (Å²) >= 11 is 7.61. The predicted octanol–water partition coefficient (Wildman–Crippen LogP) is 3.36. The summed E-state index contributed by atoms with van der Waals surface area (Å²) in [4.78, 5) is 9.81. The maximum Gasteiger partial charge on any atom is 0.110 e. The third kappa shape index (κ3) is 3.91. The molecule has 1 aromatic heterocycles. The van der Waals surface area contributed by atoms with Crippen LogP contribution in [0.3, 0.4) is 0 Å². The Morgan fingerprint density at radius 1 is 1.32 bits per heavy atom. The molecular weight excluding hydrogens is 278 g/mol. The van der Waals surface area contributed by atoms with Crippen LogP contribution in [0.1, 0.15) is 43.4 Å². The number of nitrogens with zero attached hydrogens (tertiary/aromatic N) is 3. The molecule has 19 heavy (non-hydrogen) atoms. The summed E-state index contributed by atoms with van der Waals surface area (Å²) in [5.41, 5.74) is 1.02. The zero-order chi connectivity index (χ0) is 13.7. The van der Waals surface area contributed by atoms with Crippen molar-refractivity contribution >= 4 is 22.9 Å². The molecule has 5 heteroatoms. The van der Waals surface area contributed by atoms with Crippen LogP contribution >= 0.6 is 22.9 Å². The van der Waals surface area contributed by atoms with Gasteiger partial charge in [0, 0.05) is 31.6 Å². The molecule has 0 aliphatic carbocycles. The van der Waals surface area contributed by atoms with E-state index in [2.05, 4.69) is 34.0 Å². The third-order valence-electron chi connectivity index (χ3n) is 3.77. The van der Waals surface area contributed by atoms with E-state index in [1.54, 1.807) is 11.3 Å². The molecule has 0 radical (unpaired) electrons. The highest BCUT2D eigenvalue weighted by Gasteiger charge is 2.25. The van der Waals surface area contributed by atoms with E-state index in [1.165, 1.54) is 31.1 Å². The number of alkyl halides is 1. The Hall–Kier alpha value is -0.160. The van der Waals surface area contributed by atoms with Crippen molar-refractivity contribution in [3.8, 4) is 0 Å². The molecule has 1 aliphatic heterocycles. The minimum absolute atomic E-state index is 0.478. The normalized spacial score (nSPS) is 19.7. The second kappa shape index (κ2) is 7.58. The standard InChI is InChI=1S/C14H24ClN3S/c1-3-5-17-6-8-18(9-7-17)13(4-2)14-16-12(10-15)11-19-14/h11,13H,3-10H2,1-2H3. The smallest absolute Gasteiger partial charge is 0.110 e. The Kier molecular flexibility index (Phi) is 6.07. The van der Waals surface area contributed by atoms with Gasteiger partial charge in [0.2, 0.25) is 0 Å². The molecule has 1 unspecified atom stereocenters. The lowest BCUT2D eigenvalue weighted by molar-refractivity contribution is 0.0937. The van der Waals surface area contributed by atoms with Crippen LogP contribution in [0.5, 0.6) is 0 Å². The number of halogens is 1. The predicted molar refractivity (Wildman–Crippen MR) is 83.0 cm³/mol. The summed E-state index contributed by atoms with van der Waals surface area (Å²) in [5.74, 6) is 0.525. The first-order valence-electron chi connectivity index (χ1n) is 7.25. The maximum absolute atomic E-state index is 5.85. The van der Waals surface area contributed by atoms with E-state index >= 15 is 0 Å². The zero-order valence-electron chi connectivity index (χ0n) is 11.9. The molecule has 0 spiro atoms. The van der Waals surface area contributed by atoms with Crippen LogP contribution < -0.4 is 0 Å². The quantitative estimate of drug-likeness (QED) is 0.751. The lowest BCUT2D eigenvalue weighted by Crippen LogP contribution is -2.47. The molecule has 1 saturated heterocycles. The number of hydrogen-bond acceptors (Lipinski definition) is 4. The summed E-state index contributed by atoms with van der Waals surface area (Å²) in [6.45, 7) is 10.5. The van der Waals surface area contributed by atoms with Crippen LogP contribution in [-0.2, 0) is 5.88 Å². The van der Waals surface area contributed by atoms with Crippen molar-refractivity contribution in [2.45, 2.75) is 38.6 Å². The molecule has 108 valence electrons. The van der Waals surface area contributed by atoms with Crippen LogP contribution in [-0.4, -0.2) is 47.5 Å². The molecule has 0 N–H and O–H groups in total. The zero-order valence-corrected chi connectivity index (χ0v) is 13.5. The highest BCUT2D eigenvalue weighted by molar-refractivity contribution is 7.09. The topological polar surface area (TPSA) is 19.4 Å². The van der Waals surface area contributed by atoms with Gasteiger partial charge in [-0.15, -0.1) is 22.9 Å². The molecule has 2 rings (SSSR count). The largest absolute Gasteiger partial charge is 0.301 e. The first kappa shape index (κ1) is 15.2. The molecule has 2 heterocycles. The highest BCUT2D eigenvalue weighted by Crippen LogP contribution is 2.28. The molecule has 0 bridgehead atoms. The Morgan fingerprint density at radius 3 is 2.58 bits per heavy atom. The van der Waals surface area contributed by atoms with Crippen LogP contribution in [0.15, 0.2) is 5.38 Å². The van der Waals surface area contributed by atoms with Gasteiger partial charge in [-0.05, 0) is 19.4 Å². The van der Waals surface area contributed by atoms with Crippen LogP contribution in [0, 0.1) is 0 Å². The molecule has 1 aromatic rings. The molecule has 0 saturated carbocycles. The second-order valence-electron chi connectivity index (χ2n) is 5.11. The van der Waals surface area contributed by atoms with E-state index in [4.69, 9.17) is 11.6 Å². The number of rotatable bonds is 6. The molecule has 1 aliphatic rings. The Labute approximate surface area is 125 Å². The van der Waals surface area contributed by atoms with Gasteiger partial charge in [-0.3, -0.25) is 4.90 Å². The third-order valence-corrected chi connectivity index (χ3v) is 5.03. The van der Waals surface area contributed by atoms with Crippen LogP contribution in [0.25, 0.3) is 0 Å². The average Bonchev–Trinajstić information content (AvgIpc) is 2.91. The second-order valence-corrected chi connectivity index (χ2v) is 6.27. The number of aromatic nitrogens is 1. The van der Waals surface area contributed by atoms with E-state index in [1.807, 2.05) is 0 Å². The number of hydrogen-bond donors (Lipinski definition) is 0. The fourth-order valence-corrected chi connectivity index (χ4v) is 4.00. The van der Waals surface area contributed by atoms with Gasteiger partial charge in [0.25, 0.3) is 0 Å². The first-order valence-corrected chi connectivity index (χ1v) is 8.66. The van der Waals surface area contributed by atoms with E-state index in [0.29, 0.717) is 11.9 Å². The van der Waals surface area contributed by atoms with E-state index in [0.717, 1.165) is 25.2 Å². The van der Waals surface area contributed by atoms with Gasteiger partial charge in [-0.25, -0.2) is 4.98 Å². The van der Waals surface area contributed by atoms with E-state index in [-0.39, 0.29) is 0 Å². The molecule has 3 nitrogen and oxygen atoms in total. The highest BCUT2D eigenvalue weighted by atomic mass is 35.5. The summed E-state index contributed by atoms with van der Waals surface area (Å²) in [5, 5.41) is 3.33. The van der Waals surface area contributed by atoms with Crippen molar-refractivity contribution < 1.29 is 0 Å². The van der Waals surface area contributed by atoms with Crippen molar-refractivity contribution in [3.63, 3.8) is 0 Å². The van der Waals surface area contributed by atoms with Crippen molar-refractivity contribution in [3.05, 3.63) is 16.1 Å². The van der Waals surface area contributed by atoms with E-state index < -0.39 is 0 Å². The van der Waals surface area contributed by atoms with Gasteiger partial charge < -0.3 is 4.90 Å².